The molecule has 2 aliphatic rings. The number of urea groups is 1. The van der Waals surface area contributed by atoms with Crippen LogP contribution in [0.25, 0.3) is 0 Å². The maximum absolute atomic E-state index is 12.4. The predicted molar refractivity (Wildman–Crippen MR) is 72.3 cm³/mol. The fraction of sp³-hybridized carbons (Fsp3) is 0.857. The van der Waals surface area contributed by atoms with Gasteiger partial charge in [0.05, 0.1) is 11.8 Å². The first-order chi connectivity index (χ1) is 10.2. The average molecular weight is 322 g/mol. The first kappa shape index (κ1) is 16.9. The van der Waals surface area contributed by atoms with E-state index in [0.717, 1.165) is 12.8 Å². The summed E-state index contributed by atoms with van der Waals surface area (Å²) in [6, 6.07) is -1.57. The van der Waals surface area contributed by atoms with E-state index in [0.29, 0.717) is 13.0 Å². The fourth-order valence-corrected chi connectivity index (χ4v) is 3.64. The topological polar surface area (TPSA) is 69.6 Å². The molecule has 0 radical (unpaired) electrons. The minimum absolute atomic E-state index is 0.0846. The molecule has 8 heteroatoms. The van der Waals surface area contributed by atoms with Gasteiger partial charge in [-0.2, -0.15) is 13.2 Å². The van der Waals surface area contributed by atoms with Crippen molar-refractivity contribution in [3.05, 3.63) is 0 Å². The largest absolute Gasteiger partial charge is 0.481 e. The van der Waals surface area contributed by atoms with Gasteiger partial charge in [0, 0.05) is 19.1 Å². The van der Waals surface area contributed by atoms with Crippen LogP contribution in [-0.2, 0) is 4.79 Å². The molecule has 1 aliphatic carbocycles. The first-order valence-electron chi connectivity index (χ1n) is 7.53. The second-order valence-electron chi connectivity index (χ2n) is 6.30. The lowest BCUT2D eigenvalue weighted by Crippen LogP contribution is -2.46. The third-order valence-corrected chi connectivity index (χ3v) is 4.88. The van der Waals surface area contributed by atoms with Crippen molar-refractivity contribution < 1.29 is 27.9 Å². The molecule has 2 fully saturated rings. The number of nitrogens with one attached hydrogen (secondary N) is 1. The minimum atomic E-state index is -4.34. The number of carbonyl (C=O) groups excluding carboxylic acids is 1. The molecule has 0 bridgehead atoms. The van der Waals surface area contributed by atoms with Gasteiger partial charge in [0.1, 0.15) is 0 Å². The SMILES string of the molecule is CCC(CC(F)(F)F)NC(=O)N1C[C@@H]2CCC[C@@]2(C(=O)O)C1. The molecular weight excluding hydrogens is 301 g/mol. The highest BCUT2D eigenvalue weighted by molar-refractivity contribution is 5.80. The zero-order valence-electron chi connectivity index (χ0n) is 12.4. The van der Waals surface area contributed by atoms with E-state index in [1.54, 1.807) is 6.92 Å². The van der Waals surface area contributed by atoms with Crippen molar-refractivity contribution in [3.8, 4) is 0 Å². The van der Waals surface area contributed by atoms with E-state index >= 15 is 0 Å². The van der Waals surface area contributed by atoms with Crippen LogP contribution in [-0.4, -0.2) is 47.3 Å². The van der Waals surface area contributed by atoms with E-state index in [4.69, 9.17) is 0 Å². The van der Waals surface area contributed by atoms with Crippen molar-refractivity contribution in [1.82, 2.24) is 10.2 Å². The Labute approximate surface area is 126 Å². The van der Waals surface area contributed by atoms with Gasteiger partial charge in [-0.05, 0) is 25.2 Å². The maximum atomic E-state index is 12.4. The summed E-state index contributed by atoms with van der Waals surface area (Å²) in [6.45, 7) is 1.97. The van der Waals surface area contributed by atoms with Gasteiger partial charge >= 0.3 is 18.2 Å². The van der Waals surface area contributed by atoms with Gasteiger partial charge in [-0.15, -0.1) is 0 Å². The van der Waals surface area contributed by atoms with Crippen molar-refractivity contribution in [3.63, 3.8) is 0 Å². The van der Waals surface area contributed by atoms with Crippen LogP contribution in [0.5, 0.6) is 0 Å². The molecule has 0 spiro atoms. The molecule has 1 heterocycles. The van der Waals surface area contributed by atoms with Gasteiger partial charge in [0.2, 0.25) is 0 Å². The Bertz CT molecular complexity index is 455. The number of halogens is 3. The number of fused-ring (bicyclic) bond motifs is 1. The van der Waals surface area contributed by atoms with Gasteiger partial charge in [-0.3, -0.25) is 4.79 Å². The predicted octanol–water partition coefficient (Wildman–Crippen LogP) is 2.61. The van der Waals surface area contributed by atoms with Crippen LogP contribution in [0.4, 0.5) is 18.0 Å². The number of carbonyl (C=O) groups is 2. The molecule has 1 saturated heterocycles. The fourth-order valence-electron chi connectivity index (χ4n) is 3.64. The molecule has 5 nitrogen and oxygen atoms in total. The van der Waals surface area contributed by atoms with Crippen LogP contribution in [0.3, 0.4) is 0 Å². The Hall–Kier alpha value is -1.47. The summed E-state index contributed by atoms with van der Waals surface area (Å²) < 4.78 is 37.3. The number of hydrogen-bond acceptors (Lipinski definition) is 2. The summed E-state index contributed by atoms with van der Waals surface area (Å²) in [4.78, 5) is 25.0. The van der Waals surface area contributed by atoms with E-state index in [2.05, 4.69) is 5.32 Å². The van der Waals surface area contributed by atoms with Crippen LogP contribution >= 0.6 is 0 Å². The highest BCUT2D eigenvalue weighted by atomic mass is 19.4. The molecule has 2 rings (SSSR count). The number of carboxylic acid groups (broad SMARTS) is 1. The minimum Gasteiger partial charge on any atom is -0.481 e. The van der Waals surface area contributed by atoms with Gasteiger partial charge < -0.3 is 15.3 Å². The normalized spacial score (nSPS) is 29.3. The Morgan fingerprint density at radius 1 is 1.45 bits per heavy atom. The van der Waals surface area contributed by atoms with Crippen LogP contribution in [0, 0.1) is 11.3 Å². The molecule has 0 aromatic carbocycles. The average Bonchev–Trinajstić information content (AvgIpc) is 2.93. The lowest BCUT2D eigenvalue weighted by atomic mass is 9.81. The van der Waals surface area contributed by atoms with Crippen molar-refractivity contribution in [2.24, 2.45) is 11.3 Å². The summed E-state index contributed by atoms with van der Waals surface area (Å²) in [5.41, 5.74) is -0.914. The number of alkyl halides is 3. The van der Waals surface area contributed by atoms with Gasteiger partial charge in [-0.25, -0.2) is 4.79 Å². The van der Waals surface area contributed by atoms with Crippen LogP contribution in [0.15, 0.2) is 0 Å². The maximum Gasteiger partial charge on any atom is 0.391 e. The third-order valence-electron chi connectivity index (χ3n) is 4.88. The number of likely N-dealkylation sites (tertiary alicyclic amines) is 1. The molecule has 126 valence electrons. The van der Waals surface area contributed by atoms with E-state index in [9.17, 15) is 27.9 Å². The zero-order valence-corrected chi connectivity index (χ0v) is 12.4. The summed E-state index contributed by atoms with van der Waals surface area (Å²) in [7, 11) is 0. The van der Waals surface area contributed by atoms with Crippen molar-refractivity contribution in [2.45, 2.75) is 51.2 Å². The molecular formula is C14H21F3N2O3. The quantitative estimate of drug-likeness (QED) is 0.836. The van der Waals surface area contributed by atoms with Crippen LogP contribution < -0.4 is 5.32 Å². The third kappa shape index (κ3) is 3.30. The molecule has 1 saturated carbocycles. The number of hydrogen-bond donors (Lipinski definition) is 2. The van der Waals surface area contributed by atoms with E-state index in [1.165, 1.54) is 4.90 Å². The molecule has 2 amide bonds. The monoisotopic (exact) mass is 322 g/mol. The molecule has 2 N–H and O–H groups in total. The number of aliphatic carboxylic acids is 1. The van der Waals surface area contributed by atoms with Gasteiger partial charge in [0.15, 0.2) is 0 Å². The van der Waals surface area contributed by atoms with Crippen LogP contribution in [0.1, 0.15) is 39.0 Å². The standard InChI is InChI=1S/C14H21F3N2O3/c1-2-10(6-14(15,16)17)18-12(22)19-7-9-4-3-5-13(9,8-19)11(20)21/h9-10H,2-8H2,1H3,(H,18,22)(H,20,21)/t9-,10?,13+/m0/s1. The zero-order chi connectivity index (χ0) is 16.5. The molecule has 0 aromatic heterocycles. The smallest absolute Gasteiger partial charge is 0.391 e. The second-order valence-corrected chi connectivity index (χ2v) is 6.30. The molecule has 22 heavy (non-hydrogen) atoms. The first-order valence-corrected chi connectivity index (χ1v) is 7.53. The number of amides is 2. The lowest BCUT2D eigenvalue weighted by Gasteiger charge is -2.25. The molecule has 1 aliphatic heterocycles. The summed E-state index contributed by atoms with van der Waals surface area (Å²) in [6.07, 6.45) is -3.15. The van der Waals surface area contributed by atoms with E-state index in [-0.39, 0.29) is 18.9 Å². The second kappa shape index (κ2) is 5.96. The van der Waals surface area contributed by atoms with Crippen molar-refractivity contribution in [1.29, 1.82) is 0 Å². The Kier molecular flexibility index (Phi) is 4.58. The number of nitrogens with zero attached hydrogens (tertiary/aromatic N) is 1. The van der Waals surface area contributed by atoms with E-state index in [1.807, 2.05) is 0 Å². The Morgan fingerprint density at radius 2 is 2.14 bits per heavy atom. The van der Waals surface area contributed by atoms with Crippen molar-refractivity contribution in [2.75, 3.05) is 13.1 Å². The Balaban J connectivity index is 1.98. The molecule has 1 unspecified atom stereocenters. The lowest BCUT2D eigenvalue weighted by molar-refractivity contribution is -0.149. The summed E-state index contributed by atoms with van der Waals surface area (Å²) in [5, 5.41) is 11.8. The van der Waals surface area contributed by atoms with Gasteiger partial charge in [-0.1, -0.05) is 13.3 Å². The molecule has 3 atom stereocenters. The van der Waals surface area contributed by atoms with E-state index < -0.39 is 36.1 Å². The number of rotatable bonds is 4. The van der Waals surface area contributed by atoms with Gasteiger partial charge in [0.25, 0.3) is 0 Å². The van der Waals surface area contributed by atoms with Crippen molar-refractivity contribution >= 4 is 12.0 Å². The summed E-state index contributed by atoms with van der Waals surface area (Å²) in [5.74, 6) is -1.01. The highest BCUT2D eigenvalue weighted by Crippen LogP contribution is 2.48. The molecule has 0 aromatic rings. The number of carboxylic acids is 1. The highest BCUT2D eigenvalue weighted by Gasteiger charge is 2.55. The Morgan fingerprint density at radius 3 is 2.64 bits per heavy atom. The summed E-state index contributed by atoms with van der Waals surface area (Å²) >= 11 is 0. The van der Waals surface area contributed by atoms with Crippen LogP contribution in [0.2, 0.25) is 0 Å².